The summed E-state index contributed by atoms with van der Waals surface area (Å²) in [7, 11) is 0. The number of hydrogen-bond acceptors (Lipinski definition) is 6. The Labute approximate surface area is 138 Å². The number of nitrogens with zero attached hydrogens (tertiary/aromatic N) is 4. The zero-order chi connectivity index (χ0) is 16.5. The molecule has 4 rings (SSSR count). The molecule has 3 aromatic rings. The summed E-state index contributed by atoms with van der Waals surface area (Å²) in [4.78, 5) is 12.4. The molecule has 0 aliphatic carbocycles. The van der Waals surface area contributed by atoms with Gasteiger partial charge in [-0.2, -0.15) is 5.10 Å². The van der Waals surface area contributed by atoms with E-state index in [-0.39, 0.29) is 11.7 Å². The first-order valence-electron chi connectivity index (χ1n) is 8.23. The van der Waals surface area contributed by atoms with Gasteiger partial charge in [0.25, 0.3) is 11.4 Å². The Bertz CT molecular complexity index is 925. The molecule has 0 spiro atoms. The molecule has 1 atom stereocenters. The minimum Gasteiger partial charge on any atom is -0.416 e. The predicted molar refractivity (Wildman–Crippen MR) is 87.5 cm³/mol. The van der Waals surface area contributed by atoms with Crippen molar-refractivity contribution in [2.24, 2.45) is 0 Å². The highest BCUT2D eigenvalue weighted by Gasteiger charge is 2.24. The molecule has 1 aliphatic heterocycles. The third-order valence-corrected chi connectivity index (χ3v) is 4.27. The van der Waals surface area contributed by atoms with Crippen LogP contribution in [0.3, 0.4) is 0 Å². The van der Waals surface area contributed by atoms with E-state index in [9.17, 15) is 4.79 Å². The highest BCUT2D eigenvalue weighted by molar-refractivity contribution is 5.91. The normalized spacial score (nSPS) is 18.1. The van der Waals surface area contributed by atoms with E-state index in [0.717, 1.165) is 19.3 Å². The summed E-state index contributed by atoms with van der Waals surface area (Å²) in [5, 5.41) is 14.0. The number of rotatable bonds is 3. The van der Waals surface area contributed by atoms with Crippen molar-refractivity contribution in [3.05, 3.63) is 40.5 Å². The molecular formula is C17H18N4O3. The van der Waals surface area contributed by atoms with Gasteiger partial charge in [0.15, 0.2) is 5.69 Å². The Morgan fingerprint density at radius 3 is 2.79 bits per heavy atom. The van der Waals surface area contributed by atoms with Crippen LogP contribution in [-0.4, -0.2) is 26.6 Å². The lowest BCUT2D eigenvalue weighted by Gasteiger charge is -2.18. The number of aromatic nitrogens is 4. The third kappa shape index (κ3) is 2.50. The Morgan fingerprint density at radius 2 is 2.04 bits per heavy atom. The molecule has 0 radical (unpaired) electrons. The van der Waals surface area contributed by atoms with Crippen LogP contribution < -0.4 is 5.56 Å². The Kier molecular flexibility index (Phi) is 3.86. The molecule has 24 heavy (non-hydrogen) atoms. The van der Waals surface area contributed by atoms with Crippen molar-refractivity contribution in [3.8, 4) is 11.6 Å². The van der Waals surface area contributed by atoms with Crippen LogP contribution in [0.4, 0.5) is 0 Å². The first-order valence-corrected chi connectivity index (χ1v) is 8.23. The largest absolute Gasteiger partial charge is 0.416 e. The molecule has 7 heteroatoms. The van der Waals surface area contributed by atoms with E-state index in [1.54, 1.807) is 6.07 Å². The van der Waals surface area contributed by atoms with Crippen molar-refractivity contribution < 1.29 is 9.15 Å². The summed E-state index contributed by atoms with van der Waals surface area (Å²) >= 11 is 0. The highest BCUT2D eigenvalue weighted by atomic mass is 16.5. The van der Waals surface area contributed by atoms with Crippen LogP contribution in [0.1, 0.15) is 38.2 Å². The number of hydrogen-bond donors (Lipinski definition) is 0. The number of benzene rings is 1. The highest BCUT2D eigenvalue weighted by Crippen LogP contribution is 2.30. The van der Waals surface area contributed by atoms with Gasteiger partial charge in [-0.25, -0.2) is 4.68 Å². The third-order valence-electron chi connectivity index (χ3n) is 4.27. The Morgan fingerprint density at radius 1 is 1.21 bits per heavy atom. The van der Waals surface area contributed by atoms with Gasteiger partial charge in [-0.3, -0.25) is 4.79 Å². The SMILES string of the molecule is CCn1nc(-c2nnc([C@@H]3CCCCO3)o2)c2ccccc2c1=O. The lowest BCUT2D eigenvalue weighted by Crippen LogP contribution is -2.22. The molecule has 1 aromatic carbocycles. The molecule has 7 nitrogen and oxygen atoms in total. The van der Waals surface area contributed by atoms with Gasteiger partial charge < -0.3 is 9.15 Å². The molecule has 1 aliphatic rings. The molecule has 124 valence electrons. The lowest BCUT2D eigenvalue weighted by molar-refractivity contribution is -0.00127. The molecule has 0 amide bonds. The monoisotopic (exact) mass is 326 g/mol. The summed E-state index contributed by atoms with van der Waals surface area (Å²) in [5.41, 5.74) is 0.411. The van der Waals surface area contributed by atoms with Gasteiger partial charge in [0, 0.05) is 18.5 Å². The van der Waals surface area contributed by atoms with Crippen molar-refractivity contribution in [1.82, 2.24) is 20.0 Å². The van der Waals surface area contributed by atoms with E-state index >= 15 is 0 Å². The molecule has 3 heterocycles. The van der Waals surface area contributed by atoms with Crippen LogP contribution in [0, 0.1) is 0 Å². The lowest BCUT2D eigenvalue weighted by atomic mass is 10.1. The maximum Gasteiger partial charge on any atom is 0.274 e. The van der Waals surface area contributed by atoms with Crippen LogP contribution in [0.25, 0.3) is 22.4 Å². The fourth-order valence-corrected chi connectivity index (χ4v) is 3.00. The second-order valence-electron chi connectivity index (χ2n) is 5.82. The van der Waals surface area contributed by atoms with Crippen molar-refractivity contribution in [1.29, 1.82) is 0 Å². The zero-order valence-electron chi connectivity index (χ0n) is 13.4. The van der Waals surface area contributed by atoms with Gasteiger partial charge in [-0.15, -0.1) is 10.2 Å². The quantitative estimate of drug-likeness (QED) is 0.736. The van der Waals surface area contributed by atoms with E-state index < -0.39 is 0 Å². The van der Waals surface area contributed by atoms with Crippen LogP contribution in [0.5, 0.6) is 0 Å². The molecule has 0 saturated carbocycles. The standard InChI is InChI=1S/C17H18N4O3/c1-2-21-17(22)12-8-4-3-7-11(12)14(20-21)16-19-18-15(24-16)13-9-5-6-10-23-13/h3-4,7-8,13H,2,5-6,9-10H2,1H3/t13-/m0/s1. The molecular weight excluding hydrogens is 308 g/mol. The summed E-state index contributed by atoms with van der Waals surface area (Å²) in [6.45, 7) is 3.07. The summed E-state index contributed by atoms with van der Waals surface area (Å²) in [6.07, 6.45) is 2.88. The van der Waals surface area contributed by atoms with Crippen LogP contribution >= 0.6 is 0 Å². The van der Waals surface area contributed by atoms with Crippen molar-refractivity contribution in [2.45, 2.75) is 38.8 Å². The number of ether oxygens (including phenoxy) is 1. The number of aryl methyl sites for hydroxylation is 1. The summed E-state index contributed by atoms with van der Waals surface area (Å²) in [5.74, 6) is 0.794. The van der Waals surface area contributed by atoms with Gasteiger partial charge in [0.1, 0.15) is 6.10 Å². The van der Waals surface area contributed by atoms with Crippen molar-refractivity contribution in [3.63, 3.8) is 0 Å². The van der Waals surface area contributed by atoms with E-state index in [1.165, 1.54) is 4.68 Å². The van der Waals surface area contributed by atoms with Gasteiger partial charge in [-0.1, -0.05) is 18.2 Å². The van der Waals surface area contributed by atoms with E-state index in [4.69, 9.17) is 9.15 Å². The molecule has 0 N–H and O–H groups in total. The fraction of sp³-hybridized carbons (Fsp3) is 0.412. The first kappa shape index (κ1) is 15.0. The van der Waals surface area contributed by atoms with Crippen LogP contribution in [-0.2, 0) is 11.3 Å². The second kappa shape index (κ2) is 6.16. The average Bonchev–Trinajstić information content (AvgIpc) is 3.13. The Hall–Kier alpha value is -2.54. The second-order valence-corrected chi connectivity index (χ2v) is 5.82. The molecule has 1 fully saturated rings. The van der Waals surface area contributed by atoms with Gasteiger partial charge >= 0.3 is 0 Å². The van der Waals surface area contributed by atoms with Gasteiger partial charge in [0.2, 0.25) is 5.89 Å². The fourth-order valence-electron chi connectivity index (χ4n) is 3.00. The summed E-state index contributed by atoms with van der Waals surface area (Å²) in [6, 6.07) is 7.34. The van der Waals surface area contributed by atoms with Gasteiger partial charge in [0.05, 0.1) is 5.39 Å². The van der Waals surface area contributed by atoms with E-state index in [1.807, 2.05) is 25.1 Å². The molecule has 1 saturated heterocycles. The topological polar surface area (TPSA) is 83.0 Å². The van der Waals surface area contributed by atoms with Crippen molar-refractivity contribution >= 4 is 10.8 Å². The zero-order valence-corrected chi connectivity index (χ0v) is 13.4. The minimum absolute atomic E-state index is 0.118. The van der Waals surface area contributed by atoms with Crippen LogP contribution in [0.15, 0.2) is 33.5 Å². The minimum atomic E-state index is -0.150. The average molecular weight is 326 g/mol. The van der Waals surface area contributed by atoms with Crippen molar-refractivity contribution in [2.75, 3.05) is 6.61 Å². The van der Waals surface area contributed by atoms with Crippen LogP contribution in [0.2, 0.25) is 0 Å². The predicted octanol–water partition coefficient (Wildman–Crippen LogP) is 2.71. The smallest absolute Gasteiger partial charge is 0.274 e. The maximum absolute atomic E-state index is 12.4. The maximum atomic E-state index is 12.4. The molecule has 2 aromatic heterocycles. The van der Waals surface area contributed by atoms with Gasteiger partial charge in [-0.05, 0) is 32.3 Å². The number of fused-ring (bicyclic) bond motifs is 1. The first-order chi connectivity index (χ1) is 11.8. The summed E-state index contributed by atoms with van der Waals surface area (Å²) < 4.78 is 12.9. The van der Waals surface area contributed by atoms with E-state index in [2.05, 4.69) is 15.3 Å². The van der Waals surface area contributed by atoms with E-state index in [0.29, 0.717) is 41.4 Å². The Balaban J connectivity index is 1.83. The molecule has 0 bridgehead atoms. The molecule has 0 unspecified atom stereocenters.